The lowest BCUT2D eigenvalue weighted by Crippen LogP contribution is -2.23. The Hall–Kier alpha value is -2.87. The summed E-state index contributed by atoms with van der Waals surface area (Å²) in [5.41, 5.74) is 6.48. The molecule has 0 amide bonds. The van der Waals surface area contributed by atoms with Crippen LogP contribution < -0.4 is 4.74 Å². The van der Waals surface area contributed by atoms with Gasteiger partial charge in [-0.1, -0.05) is 30.3 Å². The molecule has 0 atom stereocenters. The molecule has 1 saturated carbocycles. The summed E-state index contributed by atoms with van der Waals surface area (Å²) in [7, 11) is 0. The number of benzene rings is 3. The Labute approximate surface area is 164 Å². The first-order valence-corrected chi connectivity index (χ1v) is 10.5. The maximum Gasteiger partial charge on any atom is 0.141 e. The van der Waals surface area contributed by atoms with Gasteiger partial charge < -0.3 is 4.74 Å². The van der Waals surface area contributed by atoms with E-state index in [2.05, 4.69) is 49.4 Å². The summed E-state index contributed by atoms with van der Waals surface area (Å²) >= 11 is 0. The number of hydrogen-bond donors (Lipinski definition) is 0. The van der Waals surface area contributed by atoms with Crippen molar-refractivity contribution in [3.63, 3.8) is 0 Å². The SMILES string of the molecule is Cc1c2c(cc3ccccc13)-c1nccc3cc4c(c(c13)O2)C1CCC4CC1. The second-order valence-electron chi connectivity index (χ2n) is 8.72. The van der Waals surface area contributed by atoms with Crippen LogP contribution in [0.25, 0.3) is 32.8 Å². The molecule has 8 rings (SSSR count). The third kappa shape index (κ3) is 1.76. The highest BCUT2D eigenvalue weighted by Gasteiger charge is 2.38. The van der Waals surface area contributed by atoms with Gasteiger partial charge in [0.25, 0.3) is 0 Å². The zero-order chi connectivity index (χ0) is 18.4. The summed E-state index contributed by atoms with van der Waals surface area (Å²) in [6.45, 7) is 2.19. The zero-order valence-electron chi connectivity index (χ0n) is 16.0. The minimum atomic E-state index is 0.648. The highest BCUT2D eigenvalue weighted by atomic mass is 16.5. The van der Waals surface area contributed by atoms with Crippen molar-refractivity contribution in [2.24, 2.45) is 0 Å². The molecular formula is C26H21NO. The average molecular weight is 363 g/mol. The normalized spacial score (nSPS) is 21.5. The Bertz CT molecular complexity index is 1310. The van der Waals surface area contributed by atoms with Gasteiger partial charge in [-0.3, -0.25) is 4.98 Å². The van der Waals surface area contributed by atoms with E-state index in [-0.39, 0.29) is 0 Å². The molecule has 2 nitrogen and oxygen atoms in total. The van der Waals surface area contributed by atoms with Crippen molar-refractivity contribution in [2.75, 3.05) is 0 Å². The third-order valence-electron chi connectivity index (χ3n) is 7.36. The highest BCUT2D eigenvalue weighted by molar-refractivity contribution is 6.06. The summed E-state index contributed by atoms with van der Waals surface area (Å²) in [6, 6.07) is 15.5. The average Bonchev–Trinajstić information content (AvgIpc) is 2.75. The third-order valence-corrected chi connectivity index (χ3v) is 7.36. The molecule has 3 aromatic carbocycles. The summed E-state index contributed by atoms with van der Waals surface area (Å²) in [4.78, 5) is 4.86. The van der Waals surface area contributed by atoms with E-state index in [1.165, 1.54) is 58.4 Å². The molecule has 2 heteroatoms. The van der Waals surface area contributed by atoms with Crippen LogP contribution in [-0.2, 0) is 0 Å². The molecule has 4 aliphatic rings. The molecule has 1 aromatic heterocycles. The molecule has 3 aliphatic carbocycles. The molecular weight excluding hydrogens is 342 g/mol. The van der Waals surface area contributed by atoms with E-state index in [4.69, 9.17) is 9.72 Å². The number of fused-ring (bicyclic) bond motifs is 5. The molecule has 28 heavy (non-hydrogen) atoms. The van der Waals surface area contributed by atoms with Gasteiger partial charge in [0, 0.05) is 22.9 Å². The van der Waals surface area contributed by atoms with Gasteiger partial charge in [-0.15, -0.1) is 0 Å². The Morgan fingerprint density at radius 3 is 2.61 bits per heavy atom. The van der Waals surface area contributed by atoms with Gasteiger partial charge in [-0.05, 0) is 78.3 Å². The first kappa shape index (κ1) is 15.1. The van der Waals surface area contributed by atoms with Crippen molar-refractivity contribution in [3.8, 4) is 22.8 Å². The van der Waals surface area contributed by atoms with E-state index in [1.54, 1.807) is 5.56 Å². The Morgan fingerprint density at radius 1 is 0.893 bits per heavy atom. The number of ether oxygens (including phenoxy) is 1. The van der Waals surface area contributed by atoms with E-state index in [0.29, 0.717) is 11.8 Å². The fourth-order valence-corrected chi connectivity index (χ4v) is 6.03. The fraction of sp³-hybridized carbons (Fsp3) is 0.269. The van der Waals surface area contributed by atoms with Crippen molar-refractivity contribution < 1.29 is 4.74 Å². The lowest BCUT2D eigenvalue weighted by molar-refractivity contribution is 0.346. The molecule has 0 spiro atoms. The first-order valence-electron chi connectivity index (χ1n) is 10.5. The first-order chi connectivity index (χ1) is 13.8. The summed E-state index contributed by atoms with van der Waals surface area (Å²) in [5.74, 6) is 3.46. The molecule has 0 unspecified atom stereocenters. The maximum absolute atomic E-state index is 6.80. The summed E-state index contributed by atoms with van der Waals surface area (Å²) < 4.78 is 6.80. The minimum Gasteiger partial charge on any atom is -0.455 e. The molecule has 4 aromatic rings. The molecule has 2 bridgehead atoms. The van der Waals surface area contributed by atoms with Gasteiger partial charge in [0.2, 0.25) is 0 Å². The quantitative estimate of drug-likeness (QED) is 0.290. The van der Waals surface area contributed by atoms with Gasteiger partial charge in [0.15, 0.2) is 0 Å². The second-order valence-corrected chi connectivity index (χ2v) is 8.72. The van der Waals surface area contributed by atoms with Gasteiger partial charge in [-0.25, -0.2) is 0 Å². The number of nitrogens with zero attached hydrogens (tertiary/aromatic N) is 1. The predicted octanol–water partition coefficient (Wildman–Crippen LogP) is 7.22. The second kappa shape index (κ2) is 5.14. The van der Waals surface area contributed by atoms with Gasteiger partial charge in [0.1, 0.15) is 11.5 Å². The van der Waals surface area contributed by atoms with E-state index in [0.717, 1.165) is 22.8 Å². The van der Waals surface area contributed by atoms with Crippen LogP contribution in [0.5, 0.6) is 11.5 Å². The van der Waals surface area contributed by atoms with E-state index >= 15 is 0 Å². The Balaban J connectivity index is 1.63. The van der Waals surface area contributed by atoms with Crippen molar-refractivity contribution in [1.29, 1.82) is 0 Å². The predicted molar refractivity (Wildman–Crippen MR) is 113 cm³/mol. The van der Waals surface area contributed by atoms with Crippen LogP contribution in [0.4, 0.5) is 0 Å². The number of aryl methyl sites for hydroxylation is 1. The van der Waals surface area contributed by atoms with Crippen LogP contribution in [-0.4, -0.2) is 4.98 Å². The van der Waals surface area contributed by atoms with Gasteiger partial charge in [0.05, 0.1) is 11.1 Å². The lowest BCUT2D eigenvalue weighted by Gasteiger charge is -2.40. The molecule has 136 valence electrons. The van der Waals surface area contributed by atoms with Crippen LogP contribution in [0.1, 0.15) is 54.2 Å². The van der Waals surface area contributed by atoms with Crippen LogP contribution in [0, 0.1) is 6.92 Å². The monoisotopic (exact) mass is 363 g/mol. The number of rotatable bonds is 0. The van der Waals surface area contributed by atoms with Crippen molar-refractivity contribution in [1.82, 2.24) is 4.98 Å². The van der Waals surface area contributed by atoms with Crippen LogP contribution in [0.2, 0.25) is 0 Å². The molecule has 0 N–H and O–H groups in total. The standard InChI is InChI=1S/C26H21NO/c1-14-19-5-3-2-4-17(19)12-21-24-23-18(10-11-27-24)13-20-15-6-8-16(9-7-15)22(20)26(23)28-25(14)21/h2-5,10-13,15-16H,6-9H2,1H3. The summed E-state index contributed by atoms with van der Waals surface area (Å²) in [6.07, 6.45) is 7.24. The van der Waals surface area contributed by atoms with Crippen molar-refractivity contribution in [3.05, 3.63) is 65.4 Å². The van der Waals surface area contributed by atoms with E-state index in [9.17, 15) is 0 Å². The zero-order valence-corrected chi connectivity index (χ0v) is 16.0. The summed E-state index contributed by atoms with van der Waals surface area (Å²) in [5, 5.41) is 5.02. The number of aromatic nitrogens is 1. The number of hydrogen-bond acceptors (Lipinski definition) is 2. The lowest BCUT2D eigenvalue weighted by atomic mass is 9.66. The highest BCUT2D eigenvalue weighted by Crippen LogP contribution is 2.58. The molecule has 0 radical (unpaired) electrons. The van der Waals surface area contributed by atoms with E-state index in [1.807, 2.05) is 6.20 Å². The fourth-order valence-electron chi connectivity index (χ4n) is 6.03. The largest absolute Gasteiger partial charge is 0.455 e. The topological polar surface area (TPSA) is 22.1 Å². The van der Waals surface area contributed by atoms with Crippen LogP contribution in [0.15, 0.2) is 48.7 Å². The van der Waals surface area contributed by atoms with Gasteiger partial charge in [-0.2, -0.15) is 0 Å². The maximum atomic E-state index is 6.80. The molecule has 2 heterocycles. The van der Waals surface area contributed by atoms with Crippen molar-refractivity contribution >= 4 is 21.5 Å². The van der Waals surface area contributed by atoms with Crippen molar-refractivity contribution in [2.45, 2.75) is 44.4 Å². The molecule has 1 aliphatic heterocycles. The molecule has 1 fully saturated rings. The smallest absolute Gasteiger partial charge is 0.141 e. The Kier molecular flexibility index (Phi) is 2.77. The molecule has 0 saturated heterocycles. The van der Waals surface area contributed by atoms with Gasteiger partial charge >= 0.3 is 0 Å². The van der Waals surface area contributed by atoms with Crippen LogP contribution in [0.3, 0.4) is 0 Å². The minimum absolute atomic E-state index is 0.648. The van der Waals surface area contributed by atoms with E-state index < -0.39 is 0 Å². The number of pyridine rings is 1. The Morgan fingerprint density at radius 2 is 1.71 bits per heavy atom. The van der Waals surface area contributed by atoms with Crippen LogP contribution >= 0.6 is 0 Å².